The monoisotopic (exact) mass is 286 g/mol. The Morgan fingerprint density at radius 3 is 3.00 bits per heavy atom. The van der Waals surface area contributed by atoms with Crippen molar-refractivity contribution >= 4 is 5.91 Å². The van der Waals surface area contributed by atoms with Crippen LogP contribution < -0.4 is 10.6 Å². The molecule has 1 amide bonds. The Labute approximate surface area is 123 Å². The summed E-state index contributed by atoms with van der Waals surface area (Å²) in [4.78, 5) is 15.8. The highest BCUT2D eigenvalue weighted by molar-refractivity contribution is 5.97. The molecule has 110 valence electrons. The van der Waals surface area contributed by atoms with Crippen LogP contribution in [0.3, 0.4) is 0 Å². The van der Waals surface area contributed by atoms with Gasteiger partial charge in [0, 0.05) is 38.3 Å². The van der Waals surface area contributed by atoms with Crippen molar-refractivity contribution in [2.45, 2.75) is 25.5 Å². The van der Waals surface area contributed by atoms with Gasteiger partial charge in [-0.2, -0.15) is 5.26 Å². The molecular formula is C15H18N4O2. The third kappa shape index (κ3) is 4.89. The van der Waals surface area contributed by atoms with Crippen molar-refractivity contribution in [3.63, 3.8) is 0 Å². The van der Waals surface area contributed by atoms with Crippen molar-refractivity contribution in [2.75, 3.05) is 13.2 Å². The van der Waals surface area contributed by atoms with E-state index in [1.807, 2.05) is 18.2 Å². The maximum Gasteiger partial charge on any atom is 0.263 e. The molecule has 1 aromatic rings. The molecule has 1 atom stereocenters. The van der Waals surface area contributed by atoms with E-state index in [0.29, 0.717) is 13.1 Å². The Bertz CT molecular complexity index is 530. The first-order valence-corrected chi connectivity index (χ1v) is 6.92. The van der Waals surface area contributed by atoms with Gasteiger partial charge in [0.15, 0.2) is 0 Å². The first-order chi connectivity index (χ1) is 10.3. The van der Waals surface area contributed by atoms with Crippen LogP contribution in [0.2, 0.25) is 0 Å². The van der Waals surface area contributed by atoms with Gasteiger partial charge in [-0.15, -0.1) is 0 Å². The summed E-state index contributed by atoms with van der Waals surface area (Å²) in [6.45, 7) is 1.73. The second-order valence-corrected chi connectivity index (χ2v) is 4.75. The molecule has 1 aliphatic heterocycles. The molecule has 2 rings (SSSR count). The quantitative estimate of drug-likeness (QED) is 0.598. The van der Waals surface area contributed by atoms with Crippen LogP contribution in [0.4, 0.5) is 0 Å². The summed E-state index contributed by atoms with van der Waals surface area (Å²) < 4.78 is 5.42. The molecule has 1 aromatic heterocycles. The lowest BCUT2D eigenvalue weighted by molar-refractivity contribution is -0.117. The molecule has 0 aromatic carbocycles. The van der Waals surface area contributed by atoms with E-state index in [4.69, 9.17) is 10.00 Å². The number of carbonyl (C=O) groups is 1. The molecule has 0 aliphatic carbocycles. The fourth-order valence-electron chi connectivity index (χ4n) is 2.03. The number of rotatable bonds is 6. The average molecular weight is 286 g/mol. The second kappa shape index (κ2) is 8.02. The van der Waals surface area contributed by atoms with Gasteiger partial charge < -0.3 is 15.4 Å². The molecule has 1 aliphatic rings. The van der Waals surface area contributed by atoms with Crippen molar-refractivity contribution < 1.29 is 9.53 Å². The number of nitrogens with one attached hydrogen (secondary N) is 2. The van der Waals surface area contributed by atoms with Gasteiger partial charge >= 0.3 is 0 Å². The van der Waals surface area contributed by atoms with Crippen LogP contribution in [0, 0.1) is 11.3 Å². The molecule has 6 heteroatoms. The van der Waals surface area contributed by atoms with Crippen molar-refractivity contribution in [3.8, 4) is 6.07 Å². The first kappa shape index (κ1) is 15.0. The Kier molecular flexibility index (Phi) is 5.73. The highest BCUT2D eigenvalue weighted by Gasteiger charge is 2.17. The van der Waals surface area contributed by atoms with Gasteiger partial charge in [0.05, 0.1) is 6.10 Å². The van der Waals surface area contributed by atoms with E-state index in [2.05, 4.69) is 15.6 Å². The lowest BCUT2D eigenvalue weighted by Crippen LogP contribution is -2.32. The molecular weight excluding hydrogens is 268 g/mol. The van der Waals surface area contributed by atoms with Gasteiger partial charge in [0.1, 0.15) is 11.6 Å². The minimum absolute atomic E-state index is 0.0575. The number of nitrogens with zero attached hydrogens (tertiary/aromatic N) is 2. The van der Waals surface area contributed by atoms with Gasteiger partial charge in [0.2, 0.25) is 0 Å². The Hall–Kier alpha value is -2.39. The number of amides is 1. The Balaban J connectivity index is 1.79. The average Bonchev–Trinajstić information content (AvgIpc) is 3.04. The zero-order valence-electron chi connectivity index (χ0n) is 11.7. The lowest BCUT2D eigenvalue weighted by atomic mass is 10.2. The van der Waals surface area contributed by atoms with E-state index >= 15 is 0 Å². The van der Waals surface area contributed by atoms with E-state index < -0.39 is 0 Å². The summed E-state index contributed by atoms with van der Waals surface area (Å²) in [5.41, 5.74) is 1.08. The molecule has 0 saturated carbocycles. The summed E-state index contributed by atoms with van der Waals surface area (Å²) in [5.74, 6) is -0.379. The van der Waals surface area contributed by atoms with Gasteiger partial charge in [-0.1, -0.05) is 0 Å². The molecule has 0 radical (unpaired) electrons. The summed E-state index contributed by atoms with van der Waals surface area (Å²) in [6, 6.07) is 5.63. The molecule has 1 saturated heterocycles. The van der Waals surface area contributed by atoms with Gasteiger partial charge in [-0.3, -0.25) is 9.78 Å². The molecule has 2 heterocycles. The van der Waals surface area contributed by atoms with Crippen LogP contribution in [0.25, 0.3) is 0 Å². The van der Waals surface area contributed by atoms with Crippen LogP contribution in [0.1, 0.15) is 18.4 Å². The zero-order valence-corrected chi connectivity index (χ0v) is 11.7. The number of nitriles is 1. The Morgan fingerprint density at radius 2 is 2.33 bits per heavy atom. The summed E-state index contributed by atoms with van der Waals surface area (Å²) in [7, 11) is 0. The normalized spacial score (nSPS) is 18.0. The fourth-order valence-corrected chi connectivity index (χ4v) is 2.03. The van der Waals surface area contributed by atoms with E-state index in [0.717, 1.165) is 25.0 Å². The third-order valence-corrected chi connectivity index (χ3v) is 3.18. The summed E-state index contributed by atoms with van der Waals surface area (Å²) >= 11 is 0. The van der Waals surface area contributed by atoms with E-state index in [9.17, 15) is 4.79 Å². The van der Waals surface area contributed by atoms with Crippen molar-refractivity contribution in [3.05, 3.63) is 41.9 Å². The maximum absolute atomic E-state index is 11.9. The molecule has 2 N–H and O–H groups in total. The highest BCUT2D eigenvalue weighted by Crippen LogP contribution is 2.10. The fraction of sp³-hybridized carbons (Fsp3) is 0.400. The zero-order chi connectivity index (χ0) is 14.9. The molecule has 1 fully saturated rings. The standard InChI is InChI=1S/C15H18N4O2/c16-8-13(10-18-9-12-3-5-17-6-4-12)15(20)19-11-14-2-1-7-21-14/h3-6,10,14,18H,1-2,7,9,11H2,(H,19,20)/b13-10-. The van der Waals surface area contributed by atoms with Gasteiger partial charge in [0.25, 0.3) is 5.91 Å². The largest absolute Gasteiger partial charge is 0.386 e. The van der Waals surface area contributed by atoms with Crippen LogP contribution in [-0.4, -0.2) is 30.1 Å². The third-order valence-electron chi connectivity index (χ3n) is 3.18. The molecule has 21 heavy (non-hydrogen) atoms. The van der Waals surface area contributed by atoms with Crippen LogP contribution in [0.5, 0.6) is 0 Å². The number of ether oxygens (including phenoxy) is 1. The Morgan fingerprint density at radius 1 is 1.52 bits per heavy atom. The molecule has 1 unspecified atom stereocenters. The van der Waals surface area contributed by atoms with Gasteiger partial charge in [-0.05, 0) is 30.5 Å². The SMILES string of the molecule is N#C/C(=C/NCc1ccncc1)C(=O)NCC1CCCO1. The number of pyridine rings is 1. The minimum atomic E-state index is -0.379. The maximum atomic E-state index is 11.9. The predicted octanol–water partition coefficient (Wildman–Crippen LogP) is 0.874. The molecule has 6 nitrogen and oxygen atoms in total. The van der Waals surface area contributed by atoms with E-state index in [1.165, 1.54) is 6.20 Å². The van der Waals surface area contributed by atoms with Crippen molar-refractivity contribution in [1.29, 1.82) is 5.26 Å². The molecule has 0 bridgehead atoms. The topological polar surface area (TPSA) is 87.0 Å². The van der Waals surface area contributed by atoms with Crippen molar-refractivity contribution in [1.82, 2.24) is 15.6 Å². The van der Waals surface area contributed by atoms with Crippen LogP contribution in [0.15, 0.2) is 36.3 Å². The molecule has 0 spiro atoms. The number of carbonyl (C=O) groups excluding carboxylic acids is 1. The minimum Gasteiger partial charge on any atom is -0.386 e. The van der Waals surface area contributed by atoms with E-state index in [1.54, 1.807) is 12.4 Å². The highest BCUT2D eigenvalue weighted by atomic mass is 16.5. The van der Waals surface area contributed by atoms with Crippen LogP contribution >= 0.6 is 0 Å². The summed E-state index contributed by atoms with van der Waals surface area (Å²) in [5, 5.41) is 14.7. The predicted molar refractivity (Wildman–Crippen MR) is 76.8 cm³/mol. The smallest absolute Gasteiger partial charge is 0.263 e. The summed E-state index contributed by atoms with van der Waals surface area (Å²) in [6.07, 6.45) is 6.87. The van der Waals surface area contributed by atoms with Gasteiger partial charge in [-0.25, -0.2) is 0 Å². The lowest BCUT2D eigenvalue weighted by Gasteiger charge is -2.10. The number of hydrogen-bond donors (Lipinski definition) is 2. The van der Waals surface area contributed by atoms with Crippen molar-refractivity contribution in [2.24, 2.45) is 0 Å². The second-order valence-electron chi connectivity index (χ2n) is 4.75. The van der Waals surface area contributed by atoms with E-state index in [-0.39, 0.29) is 17.6 Å². The number of aromatic nitrogens is 1. The first-order valence-electron chi connectivity index (χ1n) is 6.92. The number of hydrogen-bond acceptors (Lipinski definition) is 5. The van der Waals surface area contributed by atoms with Crippen LogP contribution in [-0.2, 0) is 16.1 Å².